The topological polar surface area (TPSA) is 38.0 Å². The zero-order chi connectivity index (χ0) is 11.5. The van der Waals surface area contributed by atoms with E-state index in [0.29, 0.717) is 11.9 Å². The molecule has 1 N–H and O–H groups in total. The molecule has 0 saturated carbocycles. The Kier molecular flexibility index (Phi) is 3.06. The summed E-state index contributed by atoms with van der Waals surface area (Å²) in [7, 11) is 0. The average Bonchev–Trinajstić information content (AvgIpc) is 2.78. The summed E-state index contributed by atoms with van der Waals surface area (Å²) in [5.41, 5.74) is 0.871. The van der Waals surface area contributed by atoms with Crippen LogP contribution in [0.5, 0.6) is 0 Å². The molecule has 1 aromatic heterocycles. The van der Waals surface area contributed by atoms with Crippen molar-refractivity contribution < 1.29 is 5.11 Å². The van der Waals surface area contributed by atoms with E-state index in [9.17, 15) is 5.11 Å². The van der Waals surface area contributed by atoms with E-state index in [1.807, 2.05) is 41.1 Å². The molecule has 16 heavy (non-hydrogen) atoms. The maximum absolute atomic E-state index is 10.2. The summed E-state index contributed by atoms with van der Waals surface area (Å²) in [6, 6.07) is 9.89. The summed E-state index contributed by atoms with van der Waals surface area (Å²) in [6.45, 7) is 4.14. The third-order valence-electron chi connectivity index (χ3n) is 2.61. The molecule has 3 heteroatoms. The van der Waals surface area contributed by atoms with Crippen molar-refractivity contribution >= 4 is 0 Å². The maximum Gasteiger partial charge on any atom is 0.142 e. The lowest BCUT2D eigenvalue weighted by molar-refractivity contribution is 0.202. The van der Waals surface area contributed by atoms with Gasteiger partial charge in [0.2, 0.25) is 0 Å². The number of hydrogen-bond acceptors (Lipinski definition) is 2. The SMILES string of the molecule is CC(C)n1ccnc1C(O)c1ccccc1. The second-order valence-corrected chi connectivity index (χ2v) is 4.10. The quantitative estimate of drug-likeness (QED) is 0.856. The molecule has 1 aromatic carbocycles. The highest BCUT2D eigenvalue weighted by Crippen LogP contribution is 2.22. The molecule has 2 rings (SSSR count). The first-order chi connectivity index (χ1) is 7.70. The van der Waals surface area contributed by atoms with Crippen molar-refractivity contribution in [2.24, 2.45) is 0 Å². The highest BCUT2D eigenvalue weighted by atomic mass is 16.3. The molecule has 0 bridgehead atoms. The Morgan fingerprint density at radius 1 is 1.19 bits per heavy atom. The van der Waals surface area contributed by atoms with E-state index in [4.69, 9.17) is 0 Å². The van der Waals surface area contributed by atoms with Crippen LogP contribution in [-0.4, -0.2) is 14.7 Å². The van der Waals surface area contributed by atoms with E-state index in [1.54, 1.807) is 6.20 Å². The molecule has 2 aromatic rings. The number of aliphatic hydroxyl groups excluding tert-OH is 1. The average molecular weight is 216 g/mol. The first-order valence-corrected chi connectivity index (χ1v) is 5.46. The van der Waals surface area contributed by atoms with E-state index >= 15 is 0 Å². The smallest absolute Gasteiger partial charge is 0.142 e. The summed E-state index contributed by atoms with van der Waals surface area (Å²) in [4.78, 5) is 4.23. The molecule has 1 atom stereocenters. The highest BCUT2D eigenvalue weighted by Gasteiger charge is 2.16. The van der Waals surface area contributed by atoms with Crippen molar-refractivity contribution in [1.82, 2.24) is 9.55 Å². The van der Waals surface area contributed by atoms with Gasteiger partial charge in [-0.15, -0.1) is 0 Å². The van der Waals surface area contributed by atoms with Crippen LogP contribution in [0.4, 0.5) is 0 Å². The minimum atomic E-state index is -0.654. The fourth-order valence-corrected chi connectivity index (χ4v) is 1.76. The van der Waals surface area contributed by atoms with Gasteiger partial charge in [0.15, 0.2) is 0 Å². The molecule has 0 amide bonds. The van der Waals surface area contributed by atoms with Crippen LogP contribution >= 0.6 is 0 Å². The van der Waals surface area contributed by atoms with Crippen LogP contribution in [0, 0.1) is 0 Å². The van der Waals surface area contributed by atoms with Gasteiger partial charge in [0.25, 0.3) is 0 Å². The number of aliphatic hydroxyl groups is 1. The summed E-state index contributed by atoms with van der Waals surface area (Å²) in [6.07, 6.45) is 2.96. The van der Waals surface area contributed by atoms with E-state index < -0.39 is 6.10 Å². The zero-order valence-electron chi connectivity index (χ0n) is 9.54. The molecular weight excluding hydrogens is 200 g/mol. The summed E-state index contributed by atoms with van der Waals surface area (Å²) in [5.74, 6) is 0.696. The van der Waals surface area contributed by atoms with E-state index in [-0.39, 0.29) is 0 Å². The number of aromatic nitrogens is 2. The first kappa shape index (κ1) is 10.9. The Bertz CT molecular complexity index is 448. The van der Waals surface area contributed by atoms with Gasteiger partial charge in [-0.25, -0.2) is 4.98 Å². The molecule has 0 saturated heterocycles. The van der Waals surface area contributed by atoms with Gasteiger partial charge < -0.3 is 9.67 Å². The standard InChI is InChI=1S/C13H16N2O/c1-10(2)15-9-8-14-13(15)12(16)11-6-4-3-5-7-11/h3-10,12,16H,1-2H3. The molecule has 1 unspecified atom stereocenters. The van der Waals surface area contributed by atoms with Gasteiger partial charge in [-0.3, -0.25) is 0 Å². The maximum atomic E-state index is 10.2. The number of benzene rings is 1. The van der Waals surface area contributed by atoms with E-state index in [2.05, 4.69) is 18.8 Å². The number of nitrogens with zero attached hydrogens (tertiary/aromatic N) is 2. The lowest BCUT2D eigenvalue weighted by Gasteiger charge is -2.16. The van der Waals surface area contributed by atoms with Crippen molar-refractivity contribution in [1.29, 1.82) is 0 Å². The van der Waals surface area contributed by atoms with Gasteiger partial charge in [-0.2, -0.15) is 0 Å². The normalized spacial score (nSPS) is 13.0. The van der Waals surface area contributed by atoms with Gasteiger partial charge in [0.1, 0.15) is 11.9 Å². The Morgan fingerprint density at radius 3 is 2.50 bits per heavy atom. The van der Waals surface area contributed by atoms with Crippen LogP contribution in [-0.2, 0) is 0 Å². The third-order valence-corrected chi connectivity index (χ3v) is 2.61. The minimum absolute atomic E-state index is 0.302. The molecular formula is C13H16N2O. The lowest BCUT2D eigenvalue weighted by atomic mass is 10.1. The van der Waals surface area contributed by atoms with Crippen molar-refractivity contribution in [3.63, 3.8) is 0 Å². The van der Waals surface area contributed by atoms with Crippen LogP contribution < -0.4 is 0 Å². The highest BCUT2D eigenvalue weighted by molar-refractivity contribution is 5.23. The second kappa shape index (κ2) is 4.49. The molecule has 1 heterocycles. The first-order valence-electron chi connectivity index (χ1n) is 5.46. The van der Waals surface area contributed by atoms with E-state index in [1.165, 1.54) is 0 Å². The van der Waals surface area contributed by atoms with Crippen molar-refractivity contribution in [2.45, 2.75) is 26.0 Å². The van der Waals surface area contributed by atoms with Crippen molar-refractivity contribution in [2.75, 3.05) is 0 Å². The van der Waals surface area contributed by atoms with Crippen LogP contribution in [0.1, 0.15) is 37.4 Å². The number of rotatable bonds is 3. The van der Waals surface area contributed by atoms with Gasteiger partial charge in [-0.05, 0) is 19.4 Å². The van der Waals surface area contributed by atoms with Gasteiger partial charge in [0, 0.05) is 18.4 Å². The Hall–Kier alpha value is -1.61. The number of hydrogen-bond donors (Lipinski definition) is 1. The van der Waals surface area contributed by atoms with Gasteiger partial charge in [0.05, 0.1) is 0 Å². The summed E-state index contributed by atoms with van der Waals surface area (Å²) < 4.78 is 1.98. The van der Waals surface area contributed by atoms with Crippen LogP contribution in [0.25, 0.3) is 0 Å². The minimum Gasteiger partial charge on any atom is -0.380 e. The summed E-state index contributed by atoms with van der Waals surface area (Å²) in [5, 5.41) is 10.2. The molecule has 0 spiro atoms. The molecule has 0 aliphatic heterocycles. The zero-order valence-corrected chi connectivity index (χ0v) is 9.54. The van der Waals surface area contributed by atoms with Crippen molar-refractivity contribution in [3.8, 4) is 0 Å². The van der Waals surface area contributed by atoms with Crippen LogP contribution in [0.3, 0.4) is 0 Å². The molecule has 3 nitrogen and oxygen atoms in total. The second-order valence-electron chi connectivity index (χ2n) is 4.10. The van der Waals surface area contributed by atoms with Gasteiger partial charge >= 0.3 is 0 Å². The predicted octanol–water partition coefficient (Wildman–Crippen LogP) is 2.55. The summed E-state index contributed by atoms with van der Waals surface area (Å²) >= 11 is 0. The lowest BCUT2D eigenvalue weighted by Crippen LogP contribution is -2.11. The van der Waals surface area contributed by atoms with Gasteiger partial charge in [-0.1, -0.05) is 30.3 Å². The number of imidazole rings is 1. The molecule has 84 valence electrons. The fraction of sp³-hybridized carbons (Fsp3) is 0.308. The largest absolute Gasteiger partial charge is 0.380 e. The predicted molar refractivity (Wildman–Crippen MR) is 63.1 cm³/mol. The molecule has 0 aliphatic carbocycles. The Morgan fingerprint density at radius 2 is 1.88 bits per heavy atom. The fourth-order valence-electron chi connectivity index (χ4n) is 1.76. The van der Waals surface area contributed by atoms with Crippen molar-refractivity contribution in [3.05, 3.63) is 54.1 Å². The monoisotopic (exact) mass is 216 g/mol. The molecule has 0 radical (unpaired) electrons. The van der Waals surface area contributed by atoms with Crippen LogP contribution in [0.15, 0.2) is 42.7 Å². The Balaban J connectivity index is 2.34. The molecule has 0 fully saturated rings. The van der Waals surface area contributed by atoms with E-state index in [0.717, 1.165) is 5.56 Å². The molecule has 0 aliphatic rings. The Labute approximate surface area is 95.4 Å². The van der Waals surface area contributed by atoms with Crippen LogP contribution in [0.2, 0.25) is 0 Å². The third kappa shape index (κ3) is 1.99.